The molecule has 0 radical (unpaired) electrons. The number of aliphatic carboxylic acids is 1. The molecule has 0 aliphatic carbocycles. The largest absolute Gasteiger partial charge is 0.478 e. The molecule has 2 unspecified atom stereocenters. The van der Waals surface area contributed by atoms with Crippen LogP contribution in [0.15, 0.2) is 12.3 Å². The summed E-state index contributed by atoms with van der Waals surface area (Å²) in [5.74, 6) is -0.890. The van der Waals surface area contributed by atoms with Gasteiger partial charge in [-0.25, -0.2) is 4.79 Å². The number of rotatable bonds is 2. The van der Waals surface area contributed by atoms with Gasteiger partial charge in [0.15, 0.2) is 0 Å². The summed E-state index contributed by atoms with van der Waals surface area (Å²) in [5, 5.41) is 8.45. The number of nitrogens with zero attached hydrogens (tertiary/aromatic N) is 1. The van der Waals surface area contributed by atoms with Crippen molar-refractivity contribution in [2.45, 2.75) is 25.0 Å². The van der Waals surface area contributed by atoms with Crippen LogP contribution in [0.2, 0.25) is 0 Å². The minimum Gasteiger partial charge on any atom is -0.478 e. The van der Waals surface area contributed by atoms with Crippen molar-refractivity contribution in [3.8, 4) is 0 Å². The Labute approximate surface area is 76.8 Å². The molecule has 2 rings (SSSR count). The van der Waals surface area contributed by atoms with Crippen LogP contribution >= 0.6 is 0 Å². The Morgan fingerprint density at radius 2 is 2.00 bits per heavy atom. The average molecular weight is 183 g/mol. The van der Waals surface area contributed by atoms with Crippen molar-refractivity contribution in [1.82, 2.24) is 4.90 Å². The number of ether oxygens (including phenoxy) is 1. The minimum atomic E-state index is -0.890. The second-order valence-electron chi connectivity index (χ2n) is 3.57. The number of likely N-dealkylation sites (tertiary alicyclic amines) is 1. The summed E-state index contributed by atoms with van der Waals surface area (Å²) < 4.78 is 5.61. The van der Waals surface area contributed by atoms with E-state index in [1.54, 1.807) is 6.20 Å². The lowest BCUT2D eigenvalue weighted by Gasteiger charge is -2.30. The van der Waals surface area contributed by atoms with Crippen LogP contribution in [0.5, 0.6) is 0 Å². The van der Waals surface area contributed by atoms with Gasteiger partial charge in [-0.1, -0.05) is 0 Å². The van der Waals surface area contributed by atoms with Gasteiger partial charge in [0, 0.05) is 25.4 Å². The second kappa shape index (κ2) is 3.38. The SMILES string of the molecule is O=C(O)/C=C/N1CC2CCC(C1)O2. The van der Waals surface area contributed by atoms with Gasteiger partial charge in [0.1, 0.15) is 0 Å². The van der Waals surface area contributed by atoms with E-state index in [0.29, 0.717) is 12.2 Å². The van der Waals surface area contributed by atoms with E-state index in [1.807, 2.05) is 4.90 Å². The van der Waals surface area contributed by atoms with Crippen molar-refractivity contribution in [1.29, 1.82) is 0 Å². The zero-order valence-electron chi connectivity index (χ0n) is 7.35. The quantitative estimate of drug-likeness (QED) is 0.631. The van der Waals surface area contributed by atoms with Crippen LogP contribution in [0.4, 0.5) is 0 Å². The lowest BCUT2D eigenvalue weighted by Crippen LogP contribution is -2.39. The monoisotopic (exact) mass is 183 g/mol. The Balaban J connectivity index is 1.91. The zero-order valence-corrected chi connectivity index (χ0v) is 7.35. The molecule has 2 bridgehead atoms. The second-order valence-corrected chi connectivity index (χ2v) is 3.57. The normalized spacial score (nSPS) is 32.8. The van der Waals surface area contributed by atoms with E-state index >= 15 is 0 Å². The molecule has 13 heavy (non-hydrogen) atoms. The van der Waals surface area contributed by atoms with Gasteiger partial charge in [-0.2, -0.15) is 0 Å². The molecule has 2 aliphatic heterocycles. The Hall–Kier alpha value is -1.03. The molecule has 72 valence electrons. The topological polar surface area (TPSA) is 49.8 Å². The predicted octanol–water partition coefficient (Wildman–Crippen LogP) is 0.448. The van der Waals surface area contributed by atoms with Crippen LogP contribution < -0.4 is 0 Å². The Morgan fingerprint density at radius 3 is 2.54 bits per heavy atom. The molecule has 2 saturated heterocycles. The highest BCUT2D eigenvalue weighted by atomic mass is 16.5. The third-order valence-electron chi connectivity index (χ3n) is 2.50. The van der Waals surface area contributed by atoms with E-state index in [1.165, 1.54) is 6.08 Å². The Morgan fingerprint density at radius 1 is 1.38 bits per heavy atom. The summed E-state index contributed by atoms with van der Waals surface area (Å²) in [6, 6.07) is 0. The first kappa shape index (κ1) is 8.56. The van der Waals surface area contributed by atoms with Gasteiger partial charge in [0.2, 0.25) is 0 Å². The van der Waals surface area contributed by atoms with Gasteiger partial charge in [0.25, 0.3) is 0 Å². The number of hydrogen-bond donors (Lipinski definition) is 1. The molecule has 2 aliphatic rings. The maximum absolute atomic E-state index is 10.3. The Bertz CT molecular complexity index is 227. The van der Waals surface area contributed by atoms with Crippen molar-refractivity contribution < 1.29 is 14.6 Å². The van der Waals surface area contributed by atoms with Crippen LogP contribution in [-0.4, -0.2) is 41.3 Å². The molecule has 0 aromatic rings. The van der Waals surface area contributed by atoms with Crippen molar-refractivity contribution in [2.75, 3.05) is 13.1 Å². The summed E-state index contributed by atoms with van der Waals surface area (Å²) in [6.07, 6.45) is 5.69. The third kappa shape index (κ3) is 2.01. The first-order valence-electron chi connectivity index (χ1n) is 4.54. The number of carboxylic acids is 1. The van der Waals surface area contributed by atoms with Crippen molar-refractivity contribution in [3.63, 3.8) is 0 Å². The maximum Gasteiger partial charge on any atom is 0.329 e. The van der Waals surface area contributed by atoms with Crippen LogP contribution in [0, 0.1) is 0 Å². The maximum atomic E-state index is 10.3. The van der Waals surface area contributed by atoms with Gasteiger partial charge >= 0.3 is 5.97 Å². The molecule has 2 fully saturated rings. The van der Waals surface area contributed by atoms with Gasteiger partial charge in [-0.3, -0.25) is 0 Å². The summed E-state index contributed by atoms with van der Waals surface area (Å²) in [7, 11) is 0. The van der Waals surface area contributed by atoms with E-state index < -0.39 is 5.97 Å². The smallest absolute Gasteiger partial charge is 0.329 e. The van der Waals surface area contributed by atoms with Gasteiger partial charge < -0.3 is 14.7 Å². The molecule has 0 saturated carbocycles. The van der Waals surface area contributed by atoms with Crippen molar-refractivity contribution >= 4 is 5.97 Å². The van der Waals surface area contributed by atoms with Gasteiger partial charge in [-0.05, 0) is 12.8 Å². The highest BCUT2D eigenvalue weighted by Gasteiger charge is 2.32. The molecule has 4 nitrogen and oxygen atoms in total. The molecule has 2 heterocycles. The summed E-state index contributed by atoms with van der Waals surface area (Å²) in [5.41, 5.74) is 0. The van der Waals surface area contributed by atoms with Crippen molar-refractivity contribution in [3.05, 3.63) is 12.3 Å². The van der Waals surface area contributed by atoms with E-state index in [0.717, 1.165) is 25.9 Å². The highest BCUT2D eigenvalue weighted by Crippen LogP contribution is 2.26. The lowest BCUT2D eigenvalue weighted by molar-refractivity contribution is -0.131. The fraction of sp³-hybridized carbons (Fsp3) is 0.667. The van der Waals surface area contributed by atoms with Crippen molar-refractivity contribution in [2.24, 2.45) is 0 Å². The van der Waals surface area contributed by atoms with Gasteiger partial charge in [0.05, 0.1) is 12.2 Å². The molecule has 4 heteroatoms. The molecular formula is C9H13NO3. The van der Waals surface area contributed by atoms with E-state index in [9.17, 15) is 4.79 Å². The number of hydrogen-bond acceptors (Lipinski definition) is 3. The first-order valence-corrected chi connectivity index (χ1v) is 4.54. The summed E-state index contributed by atoms with van der Waals surface area (Å²) >= 11 is 0. The van der Waals surface area contributed by atoms with E-state index in [-0.39, 0.29) is 0 Å². The fourth-order valence-corrected chi connectivity index (χ4v) is 1.94. The van der Waals surface area contributed by atoms with Crippen LogP contribution in [0.3, 0.4) is 0 Å². The number of morpholine rings is 1. The van der Waals surface area contributed by atoms with E-state index in [4.69, 9.17) is 9.84 Å². The zero-order chi connectivity index (χ0) is 9.26. The van der Waals surface area contributed by atoms with Crippen LogP contribution in [0.25, 0.3) is 0 Å². The van der Waals surface area contributed by atoms with E-state index in [2.05, 4.69) is 0 Å². The molecule has 2 atom stereocenters. The van der Waals surface area contributed by atoms with Crippen LogP contribution in [0.1, 0.15) is 12.8 Å². The molecule has 0 aromatic heterocycles. The molecule has 0 amide bonds. The molecule has 0 aromatic carbocycles. The third-order valence-corrected chi connectivity index (χ3v) is 2.50. The summed E-state index contributed by atoms with van der Waals surface area (Å²) in [6.45, 7) is 1.67. The highest BCUT2D eigenvalue weighted by molar-refractivity contribution is 5.79. The molecule has 1 N–H and O–H groups in total. The number of carbonyl (C=O) groups is 1. The molecule has 0 spiro atoms. The predicted molar refractivity (Wildman–Crippen MR) is 46.2 cm³/mol. The number of fused-ring (bicyclic) bond motifs is 2. The minimum absolute atomic E-state index is 0.317. The first-order chi connectivity index (χ1) is 6.24. The van der Waals surface area contributed by atoms with Gasteiger partial charge in [-0.15, -0.1) is 0 Å². The Kier molecular flexibility index (Phi) is 2.22. The number of carboxylic acid groups (broad SMARTS) is 1. The fourth-order valence-electron chi connectivity index (χ4n) is 1.94. The summed E-state index contributed by atoms with van der Waals surface area (Å²) in [4.78, 5) is 12.3. The van der Waals surface area contributed by atoms with Crippen LogP contribution in [-0.2, 0) is 9.53 Å². The standard InChI is InChI=1S/C9H13NO3/c11-9(12)3-4-10-5-7-1-2-8(6-10)13-7/h3-4,7-8H,1-2,5-6H2,(H,11,12)/b4-3+. The average Bonchev–Trinajstić information content (AvgIpc) is 2.42. The lowest BCUT2D eigenvalue weighted by atomic mass is 10.2. The molecular weight excluding hydrogens is 170 g/mol.